The molecular weight excluding hydrogens is 280 g/mol. The van der Waals surface area contributed by atoms with Crippen LogP contribution in [0.2, 0.25) is 0 Å². The Morgan fingerprint density at radius 3 is 2.45 bits per heavy atom. The SMILES string of the molecule is CC(CCCN1CCS(=O)(=O)CC1)(NC1CC1)C(=O)O. The minimum absolute atomic E-state index is 0.226. The van der Waals surface area contributed by atoms with Gasteiger partial charge in [-0.15, -0.1) is 0 Å². The van der Waals surface area contributed by atoms with E-state index in [0.717, 1.165) is 25.8 Å². The molecule has 1 saturated carbocycles. The number of hydrogen-bond acceptors (Lipinski definition) is 5. The Labute approximate surface area is 120 Å². The average molecular weight is 304 g/mol. The van der Waals surface area contributed by atoms with E-state index in [1.807, 2.05) is 0 Å². The molecule has 2 N–H and O–H groups in total. The Morgan fingerprint density at radius 1 is 1.35 bits per heavy atom. The predicted octanol–water partition coefficient (Wildman–Crippen LogP) is 0.0923. The number of rotatable bonds is 7. The summed E-state index contributed by atoms with van der Waals surface area (Å²) < 4.78 is 22.7. The Bertz CT molecular complexity index is 447. The van der Waals surface area contributed by atoms with Crippen molar-refractivity contribution in [3.05, 3.63) is 0 Å². The number of carbonyl (C=O) groups is 1. The van der Waals surface area contributed by atoms with Gasteiger partial charge in [-0.1, -0.05) is 0 Å². The first-order valence-corrected chi connectivity index (χ1v) is 9.07. The molecule has 1 aliphatic carbocycles. The van der Waals surface area contributed by atoms with Crippen molar-refractivity contribution in [1.82, 2.24) is 10.2 Å². The second-order valence-corrected chi connectivity index (χ2v) is 8.46. The van der Waals surface area contributed by atoms with Crippen LogP contribution in [0.4, 0.5) is 0 Å². The highest BCUT2D eigenvalue weighted by Gasteiger charge is 2.38. The van der Waals surface area contributed by atoms with Crippen LogP contribution in [0.15, 0.2) is 0 Å². The average Bonchev–Trinajstić information content (AvgIpc) is 3.15. The normalized spacial score (nSPS) is 26.1. The molecule has 1 atom stereocenters. The van der Waals surface area contributed by atoms with Gasteiger partial charge in [-0.25, -0.2) is 8.42 Å². The molecule has 0 amide bonds. The molecule has 0 radical (unpaired) electrons. The van der Waals surface area contributed by atoms with Crippen LogP contribution < -0.4 is 5.32 Å². The van der Waals surface area contributed by atoms with Gasteiger partial charge in [0.15, 0.2) is 9.84 Å². The van der Waals surface area contributed by atoms with Crippen LogP contribution in [0.1, 0.15) is 32.6 Å². The van der Waals surface area contributed by atoms with E-state index >= 15 is 0 Å². The monoisotopic (exact) mass is 304 g/mol. The highest BCUT2D eigenvalue weighted by Crippen LogP contribution is 2.25. The third-order valence-electron chi connectivity index (χ3n) is 4.16. The molecule has 20 heavy (non-hydrogen) atoms. The summed E-state index contributed by atoms with van der Waals surface area (Å²) in [5, 5.41) is 12.6. The van der Waals surface area contributed by atoms with E-state index in [4.69, 9.17) is 0 Å². The van der Waals surface area contributed by atoms with Crippen molar-refractivity contribution in [3.63, 3.8) is 0 Å². The first-order valence-electron chi connectivity index (χ1n) is 7.25. The van der Waals surface area contributed by atoms with Crippen molar-refractivity contribution in [1.29, 1.82) is 0 Å². The summed E-state index contributed by atoms with van der Waals surface area (Å²) in [5.74, 6) is -0.349. The molecule has 7 heteroatoms. The predicted molar refractivity (Wildman–Crippen MR) is 76.5 cm³/mol. The summed E-state index contributed by atoms with van der Waals surface area (Å²) in [6.07, 6.45) is 3.46. The molecule has 0 aromatic heterocycles. The van der Waals surface area contributed by atoms with Crippen molar-refractivity contribution < 1.29 is 18.3 Å². The molecular formula is C13H24N2O4S. The Kier molecular flexibility index (Phi) is 4.71. The molecule has 2 fully saturated rings. The van der Waals surface area contributed by atoms with Crippen LogP contribution in [0.5, 0.6) is 0 Å². The standard InChI is InChI=1S/C13H24N2O4S/c1-13(12(16)17,14-11-3-4-11)5-2-6-15-7-9-20(18,19)10-8-15/h11,14H,2-10H2,1H3,(H,16,17). The minimum atomic E-state index is -2.84. The lowest BCUT2D eigenvalue weighted by Gasteiger charge is -2.30. The van der Waals surface area contributed by atoms with E-state index in [0.29, 0.717) is 25.6 Å². The Hall–Kier alpha value is -0.660. The van der Waals surface area contributed by atoms with E-state index in [1.54, 1.807) is 6.92 Å². The van der Waals surface area contributed by atoms with E-state index in [-0.39, 0.29) is 11.5 Å². The molecule has 2 rings (SSSR count). The zero-order valence-electron chi connectivity index (χ0n) is 12.0. The molecule has 116 valence electrons. The van der Waals surface area contributed by atoms with Crippen molar-refractivity contribution in [2.24, 2.45) is 0 Å². The summed E-state index contributed by atoms with van der Waals surface area (Å²) in [6, 6.07) is 0.358. The highest BCUT2D eigenvalue weighted by molar-refractivity contribution is 7.91. The van der Waals surface area contributed by atoms with Gasteiger partial charge >= 0.3 is 5.97 Å². The first kappa shape index (κ1) is 15.7. The maximum absolute atomic E-state index is 11.4. The lowest BCUT2D eigenvalue weighted by atomic mass is 9.95. The fourth-order valence-corrected chi connectivity index (χ4v) is 3.83. The molecule has 1 heterocycles. The number of nitrogens with one attached hydrogen (secondary N) is 1. The van der Waals surface area contributed by atoms with Gasteiger partial charge in [-0.05, 0) is 39.2 Å². The Morgan fingerprint density at radius 2 is 1.95 bits per heavy atom. The number of carboxylic acid groups (broad SMARTS) is 1. The van der Waals surface area contributed by atoms with Gasteiger partial charge in [-0.3, -0.25) is 10.1 Å². The van der Waals surface area contributed by atoms with Crippen LogP contribution in [0.25, 0.3) is 0 Å². The first-order chi connectivity index (χ1) is 9.31. The second-order valence-electron chi connectivity index (χ2n) is 6.15. The summed E-state index contributed by atoms with van der Waals surface area (Å²) in [4.78, 5) is 13.5. The number of sulfone groups is 1. The van der Waals surface area contributed by atoms with Gasteiger partial charge < -0.3 is 10.0 Å². The third kappa shape index (κ3) is 4.43. The fourth-order valence-electron chi connectivity index (χ4n) is 2.55. The van der Waals surface area contributed by atoms with Gasteiger partial charge in [0.05, 0.1) is 11.5 Å². The molecule has 0 bridgehead atoms. The third-order valence-corrected chi connectivity index (χ3v) is 5.77. The van der Waals surface area contributed by atoms with E-state index in [9.17, 15) is 18.3 Å². The smallest absolute Gasteiger partial charge is 0.323 e. The molecule has 6 nitrogen and oxygen atoms in total. The summed E-state index contributed by atoms with van der Waals surface area (Å²) >= 11 is 0. The van der Waals surface area contributed by atoms with Crippen molar-refractivity contribution in [2.75, 3.05) is 31.1 Å². The van der Waals surface area contributed by atoms with Crippen molar-refractivity contribution in [3.8, 4) is 0 Å². The molecule has 1 saturated heterocycles. The summed E-state index contributed by atoms with van der Waals surface area (Å²) in [5.41, 5.74) is -0.858. The maximum atomic E-state index is 11.4. The number of carboxylic acids is 1. The zero-order valence-corrected chi connectivity index (χ0v) is 12.8. The molecule has 0 spiro atoms. The van der Waals surface area contributed by atoms with Crippen molar-refractivity contribution >= 4 is 15.8 Å². The van der Waals surface area contributed by atoms with Crippen LogP contribution in [0, 0.1) is 0 Å². The molecule has 2 aliphatic rings. The highest BCUT2D eigenvalue weighted by atomic mass is 32.2. The molecule has 0 aromatic carbocycles. The van der Waals surface area contributed by atoms with Gasteiger partial charge in [0.2, 0.25) is 0 Å². The van der Waals surface area contributed by atoms with Gasteiger partial charge in [0.25, 0.3) is 0 Å². The lowest BCUT2D eigenvalue weighted by Crippen LogP contribution is -2.51. The number of aliphatic carboxylic acids is 1. The largest absolute Gasteiger partial charge is 0.480 e. The second kappa shape index (κ2) is 5.99. The van der Waals surface area contributed by atoms with Crippen LogP contribution >= 0.6 is 0 Å². The van der Waals surface area contributed by atoms with Gasteiger partial charge in [0, 0.05) is 19.1 Å². The Balaban J connectivity index is 1.74. The molecule has 1 unspecified atom stereocenters. The van der Waals surface area contributed by atoms with Crippen molar-refractivity contribution in [2.45, 2.75) is 44.2 Å². The summed E-state index contributed by atoms with van der Waals surface area (Å²) in [7, 11) is -2.84. The van der Waals surface area contributed by atoms with Gasteiger partial charge in [0.1, 0.15) is 5.54 Å². The van der Waals surface area contributed by atoms with Crippen LogP contribution in [0.3, 0.4) is 0 Å². The molecule has 1 aliphatic heterocycles. The van der Waals surface area contributed by atoms with Crippen LogP contribution in [-0.2, 0) is 14.6 Å². The fraction of sp³-hybridized carbons (Fsp3) is 0.923. The zero-order chi connectivity index (χ0) is 14.8. The van der Waals surface area contributed by atoms with E-state index < -0.39 is 21.3 Å². The lowest BCUT2D eigenvalue weighted by molar-refractivity contribution is -0.144. The quantitative estimate of drug-likeness (QED) is 0.693. The van der Waals surface area contributed by atoms with E-state index in [1.165, 1.54) is 0 Å². The topological polar surface area (TPSA) is 86.7 Å². The maximum Gasteiger partial charge on any atom is 0.323 e. The van der Waals surface area contributed by atoms with Gasteiger partial charge in [-0.2, -0.15) is 0 Å². The number of hydrogen-bond donors (Lipinski definition) is 2. The van der Waals surface area contributed by atoms with E-state index in [2.05, 4.69) is 10.2 Å². The minimum Gasteiger partial charge on any atom is -0.480 e. The summed E-state index contributed by atoms with van der Waals surface area (Å²) in [6.45, 7) is 3.66. The molecule has 0 aromatic rings. The number of nitrogens with zero attached hydrogens (tertiary/aromatic N) is 1. The van der Waals surface area contributed by atoms with Crippen LogP contribution in [-0.4, -0.2) is 67.1 Å².